The van der Waals surface area contributed by atoms with Gasteiger partial charge < -0.3 is 9.64 Å². The Bertz CT molecular complexity index is 1120. The van der Waals surface area contributed by atoms with Crippen molar-refractivity contribution in [1.29, 1.82) is 0 Å². The van der Waals surface area contributed by atoms with Crippen LogP contribution in [0.1, 0.15) is 38.2 Å². The molecule has 0 unspecified atom stereocenters. The molecule has 0 aliphatic carbocycles. The van der Waals surface area contributed by atoms with E-state index in [0.717, 1.165) is 19.4 Å². The number of halogens is 4. The minimum Gasteiger partial charge on any atom is -0.367 e. The van der Waals surface area contributed by atoms with Crippen LogP contribution in [0.25, 0.3) is 10.9 Å². The predicted molar refractivity (Wildman–Crippen MR) is 120 cm³/mol. The Labute approximate surface area is 192 Å². The second-order valence-corrected chi connectivity index (χ2v) is 9.15. The van der Waals surface area contributed by atoms with Crippen LogP contribution in [-0.4, -0.2) is 27.5 Å². The quantitative estimate of drug-likeness (QED) is 0.390. The summed E-state index contributed by atoms with van der Waals surface area (Å²) in [5.74, 6) is 0.463. The number of piperidine rings is 1. The highest BCUT2D eigenvalue weighted by Gasteiger charge is 2.27. The molecule has 164 valence electrons. The molecular weight excluding hydrogens is 490 g/mol. The van der Waals surface area contributed by atoms with E-state index >= 15 is 4.39 Å². The van der Waals surface area contributed by atoms with Crippen LogP contribution in [0.5, 0.6) is 0 Å². The molecule has 1 aliphatic rings. The fraction of sp³-hybridized carbons (Fsp3) is 0.409. The zero-order valence-corrected chi connectivity index (χ0v) is 19.6. The summed E-state index contributed by atoms with van der Waals surface area (Å²) >= 11 is 9.44. The van der Waals surface area contributed by atoms with Gasteiger partial charge in [-0.15, -0.1) is 0 Å². The number of ether oxygens (including phenoxy) is 1. The van der Waals surface area contributed by atoms with Crippen LogP contribution >= 0.6 is 27.5 Å². The number of anilines is 1. The first-order valence-corrected chi connectivity index (χ1v) is 11.3. The van der Waals surface area contributed by atoms with E-state index in [0.29, 0.717) is 22.9 Å². The van der Waals surface area contributed by atoms with Gasteiger partial charge in [0.05, 0.1) is 16.1 Å². The highest BCUT2D eigenvalue weighted by atomic mass is 79.9. The number of fused-ring (bicyclic) bond motifs is 1. The summed E-state index contributed by atoms with van der Waals surface area (Å²) in [7, 11) is 0. The molecule has 2 aromatic heterocycles. The monoisotopic (exact) mass is 510 g/mol. The van der Waals surface area contributed by atoms with Crippen LogP contribution in [0.15, 0.2) is 28.9 Å². The molecule has 0 amide bonds. The normalized spacial score (nSPS) is 19.2. The van der Waals surface area contributed by atoms with Crippen molar-refractivity contribution < 1.29 is 13.5 Å². The standard InChI is InChI=1S/C22H22BrClF2N4O/c1-12-5-6-13(2)30(9-12)22-14-8-15(24)19(23)20(26)21(14)28-18(29-22)11-31-10-17-16(25)4-3-7-27-17/h3-4,7-8,12-13H,5-6,9-11H2,1-2H3/t12-,13-/m0/s1. The topological polar surface area (TPSA) is 51.1 Å². The van der Waals surface area contributed by atoms with Gasteiger partial charge in [0.2, 0.25) is 0 Å². The Morgan fingerprint density at radius 1 is 1.23 bits per heavy atom. The number of hydrogen-bond donors (Lipinski definition) is 0. The minimum atomic E-state index is -0.541. The molecule has 0 N–H and O–H groups in total. The third-order valence-corrected chi connectivity index (χ3v) is 6.85. The van der Waals surface area contributed by atoms with Gasteiger partial charge in [-0.3, -0.25) is 4.98 Å². The number of pyridine rings is 1. The molecule has 0 spiro atoms. The maximum atomic E-state index is 15.1. The molecule has 0 bridgehead atoms. The van der Waals surface area contributed by atoms with E-state index in [-0.39, 0.29) is 40.0 Å². The second-order valence-electron chi connectivity index (χ2n) is 7.95. The molecule has 2 atom stereocenters. The summed E-state index contributed by atoms with van der Waals surface area (Å²) in [6.45, 7) is 5.10. The summed E-state index contributed by atoms with van der Waals surface area (Å²) in [4.78, 5) is 15.3. The van der Waals surface area contributed by atoms with Crippen LogP contribution in [-0.2, 0) is 18.0 Å². The molecule has 4 rings (SSSR count). The van der Waals surface area contributed by atoms with Crippen molar-refractivity contribution in [3.63, 3.8) is 0 Å². The molecule has 3 aromatic rings. The van der Waals surface area contributed by atoms with Crippen LogP contribution < -0.4 is 4.90 Å². The Morgan fingerprint density at radius 3 is 2.81 bits per heavy atom. The van der Waals surface area contributed by atoms with Crippen molar-refractivity contribution >= 4 is 44.3 Å². The van der Waals surface area contributed by atoms with E-state index in [9.17, 15) is 4.39 Å². The third-order valence-electron chi connectivity index (χ3n) is 5.55. The zero-order valence-electron chi connectivity index (χ0n) is 17.2. The molecule has 0 saturated carbocycles. The largest absolute Gasteiger partial charge is 0.367 e. The first kappa shape index (κ1) is 22.3. The van der Waals surface area contributed by atoms with Crippen molar-refractivity contribution in [3.8, 4) is 0 Å². The van der Waals surface area contributed by atoms with Gasteiger partial charge in [-0.25, -0.2) is 18.7 Å². The number of benzene rings is 1. The average Bonchev–Trinajstić information content (AvgIpc) is 2.75. The van der Waals surface area contributed by atoms with Crippen LogP contribution in [0.4, 0.5) is 14.6 Å². The van der Waals surface area contributed by atoms with Gasteiger partial charge in [0.1, 0.15) is 29.5 Å². The highest BCUT2D eigenvalue weighted by molar-refractivity contribution is 9.10. The van der Waals surface area contributed by atoms with Crippen molar-refractivity contribution in [3.05, 3.63) is 57.0 Å². The van der Waals surface area contributed by atoms with Gasteiger partial charge >= 0.3 is 0 Å². The van der Waals surface area contributed by atoms with E-state index in [1.54, 1.807) is 6.07 Å². The van der Waals surface area contributed by atoms with Crippen LogP contribution in [0.3, 0.4) is 0 Å². The predicted octanol–water partition coefficient (Wildman–Crippen LogP) is 6.06. The van der Waals surface area contributed by atoms with Crippen LogP contribution in [0.2, 0.25) is 5.02 Å². The SMILES string of the molecule is C[C@H]1CC[C@H](C)N(c2nc(COCc3ncccc3F)nc3c(F)c(Br)c(Cl)cc23)C1. The number of aromatic nitrogens is 3. The molecule has 0 radical (unpaired) electrons. The van der Waals surface area contributed by atoms with Gasteiger partial charge in [0.25, 0.3) is 0 Å². The maximum Gasteiger partial charge on any atom is 0.165 e. The number of hydrogen-bond acceptors (Lipinski definition) is 5. The number of rotatable bonds is 5. The smallest absolute Gasteiger partial charge is 0.165 e. The molecule has 9 heteroatoms. The summed E-state index contributed by atoms with van der Waals surface area (Å²) in [5, 5.41) is 0.827. The van der Waals surface area contributed by atoms with Crippen molar-refractivity contribution in [2.24, 2.45) is 5.92 Å². The van der Waals surface area contributed by atoms with Gasteiger partial charge in [-0.05, 0) is 59.8 Å². The van der Waals surface area contributed by atoms with Crippen molar-refractivity contribution in [1.82, 2.24) is 15.0 Å². The molecular formula is C22H22BrClF2N4O. The van der Waals surface area contributed by atoms with Gasteiger partial charge in [0, 0.05) is 24.2 Å². The minimum absolute atomic E-state index is 0.00356. The maximum absolute atomic E-state index is 15.1. The summed E-state index contributed by atoms with van der Waals surface area (Å²) in [5.41, 5.74) is 0.372. The van der Waals surface area contributed by atoms with E-state index in [1.807, 2.05) is 0 Å². The average molecular weight is 512 g/mol. The van der Waals surface area contributed by atoms with E-state index in [2.05, 4.69) is 44.6 Å². The first-order chi connectivity index (χ1) is 14.8. The third kappa shape index (κ3) is 4.66. The fourth-order valence-corrected chi connectivity index (χ4v) is 4.33. The Balaban J connectivity index is 1.71. The zero-order chi connectivity index (χ0) is 22.1. The van der Waals surface area contributed by atoms with Crippen molar-refractivity contribution in [2.45, 2.75) is 45.9 Å². The summed E-state index contributed by atoms with van der Waals surface area (Å²) in [6.07, 6.45) is 3.65. The lowest BCUT2D eigenvalue weighted by molar-refractivity contribution is 0.0969. The second kappa shape index (κ2) is 9.30. The first-order valence-electron chi connectivity index (χ1n) is 10.1. The van der Waals surface area contributed by atoms with E-state index < -0.39 is 11.6 Å². The lowest BCUT2D eigenvalue weighted by atomic mass is 9.95. The van der Waals surface area contributed by atoms with Gasteiger partial charge in [-0.2, -0.15) is 0 Å². The lowest BCUT2D eigenvalue weighted by Gasteiger charge is -2.38. The molecule has 5 nitrogen and oxygen atoms in total. The molecule has 1 aliphatic heterocycles. The van der Waals surface area contributed by atoms with Crippen LogP contribution in [0, 0.1) is 17.6 Å². The molecule has 3 heterocycles. The molecule has 1 fully saturated rings. The molecule has 1 saturated heterocycles. The number of nitrogens with zero attached hydrogens (tertiary/aromatic N) is 4. The fourth-order valence-electron chi connectivity index (χ4n) is 3.83. The molecule has 31 heavy (non-hydrogen) atoms. The summed E-state index contributed by atoms with van der Waals surface area (Å²) < 4.78 is 34.6. The van der Waals surface area contributed by atoms with Crippen molar-refractivity contribution in [2.75, 3.05) is 11.4 Å². The Morgan fingerprint density at radius 2 is 2.03 bits per heavy atom. The Hall–Kier alpha value is -1.90. The van der Waals surface area contributed by atoms with Gasteiger partial charge in [-0.1, -0.05) is 18.5 Å². The summed E-state index contributed by atoms with van der Waals surface area (Å²) in [6, 6.07) is 4.78. The van der Waals surface area contributed by atoms with E-state index in [4.69, 9.17) is 21.3 Å². The highest BCUT2D eigenvalue weighted by Crippen LogP contribution is 2.37. The lowest BCUT2D eigenvalue weighted by Crippen LogP contribution is -2.41. The Kier molecular flexibility index (Phi) is 6.69. The van der Waals surface area contributed by atoms with E-state index in [1.165, 1.54) is 18.3 Å². The van der Waals surface area contributed by atoms with Gasteiger partial charge in [0.15, 0.2) is 11.6 Å². The molecule has 1 aromatic carbocycles.